The zero-order valence-electron chi connectivity index (χ0n) is 10.4. The Kier molecular flexibility index (Phi) is 5.98. The van der Waals surface area contributed by atoms with Crippen molar-refractivity contribution >= 4 is 0 Å². The standard InChI is InChI=1S/C13H18F3NO/c1-2-7-17-10-11-4-3-5-12(9-11)18-8-6-13(14,15)16/h3-5,9,17H,2,6-8,10H2,1H3. The molecular formula is C13H18F3NO. The van der Waals surface area contributed by atoms with E-state index < -0.39 is 12.6 Å². The van der Waals surface area contributed by atoms with E-state index in [1.54, 1.807) is 18.2 Å². The minimum Gasteiger partial charge on any atom is -0.493 e. The lowest BCUT2D eigenvalue weighted by Crippen LogP contribution is -2.14. The number of nitrogens with one attached hydrogen (secondary N) is 1. The fraction of sp³-hybridized carbons (Fsp3) is 0.538. The monoisotopic (exact) mass is 261 g/mol. The Morgan fingerprint density at radius 2 is 2.06 bits per heavy atom. The van der Waals surface area contributed by atoms with Gasteiger partial charge in [-0.25, -0.2) is 0 Å². The van der Waals surface area contributed by atoms with Crippen LogP contribution in [-0.2, 0) is 6.54 Å². The fourth-order valence-electron chi connectivity index (χ4n) is 1.44. The van der Waals surface area contributed by atoms with Crippen LogP contribution in [0.3, 0.4) is 0 Å². The van der Waals surface area contributed by atoms with Crippen molar-refractivity contribution in [3.63, 3.8) is 0 Å². The molecule has 0 heterocycles. The average molecular weight is 261 g/mol. The van der Waals surface area contributed by atoms with Gasteiger partial charge >= 0.3 is 6.18 Å². The minimum absolute atomic E-state index is 0.338. The first-order valence-corrected chi connectivity index (χ1v) is 6.00. The normalized spacial score (nSPS) is 11.6. The molecule has 18 heavy (non-hydrogen) atoms. The van der Waals surface area contributed by atoms with Crippen LogP contribution in [0.5, 0.6) is 5.75 Å². The molecule has 0 aliphatic heterocycles. The zero-order chi connectivity index (χ0) is 13.4. The van der Waals surface area contributed by atoms with Crippen LogP contribution in [0.25, 0.3) is 0 Å². The van der Waals surface area contributed by atoms with E-state index in [1.807, 2.05) is 6.07 Å². The molecule has 0 bridgehead atoms. The maximum absolute atomic E-state index is 12.0. The Morgan fingerprint density at radius 3 is 2.72 bits per heavy atom. The molecule has 102 valence electrons. The average Bonchev–Trinajstić information content (AvgIpc) is 2.28. The fourth-order valence-corrected chi connectivity index (χ4v) is 1.44. The lowest BCUT2D eigenvalue weighted by atomic mass is 10.2. The lowest BCUT2D eigenvalue weighted by Gasteiger charge is -2.10. The van der Waals surface area contributed by atoms with Gasteiger partial charge in [0.15, 0.2) is 0 Å². The summed E-state index contributed by atoms with van der Waals surface area (Å²) in [4.78, 5) is 0. The third kappa shape index (κ3) is 6.49. The largest absolute Gasteiger partial charge is 0.493 e. The van der Waals surface area contributed by atoms with Gasteiger partial charge in [-0.15, -0.1) is 0 Å². The Bertz CT molecular complexity index is 352. The molecular weight excluding hydrogens is 243 g/mol. The SMILES string of the molecule is CCCNCc1cccc(OCCC(F)(F)F)c1. The molecule has 0 radical (unpaired) electrons. The van der Waals surface area contributed by atoms with Crippen LogP contribution in [0.2, 0.25) is 0 Å². The molecule has 1 aromatic rings. The van der Waals surface area contributed by atoms with E-state index in [4.69, 9.17) is 4.74 Å². The summed E-state index contributed by atoms with van der Waals surface area (Å²) >= 11 is 0. The van der Waals surface area contributed by atoms with Crippen molar-refractivity contribution in [3.05, 3.63) is 29.8 Å². The number of alkyl halides is 3. The Balaban J connectivity index is 2.39. The smallest absolute Gasteiger partial charge is 0.392 e. The van der Waals surface area contributed by atoms with Crippen LogP contribution in [0.4, 0.5) is 13.2 Å². The van der Waals surface area contributed by atoms with Gasteiger partial charge in [-0.2, -0.15) is 13.2 Å². The van der Waals surface area contributed by atoms with E-state index in [0.29, 0.717) is 12.3 Å². The maximum Gasteiger partial charge on any atom is 0.392 e. The van der Waals surface area contributed by atoms with Crippen molar-refractivity contribution in [1.29, 1.82) is 0 Å². The van der Waals surface area contributed by atoms with E-state index in [9.17, 15) is 13.2 Å². The first-order valence-electron chi connectivity index (χ1n) is 6.00. The molecule has 2 nitrogen and oxygen atoms in total. The molecule has 0 amide bonds. The van der Waals surface area contributed by atoms with E-state index in [2.05, 4.69) is 12.2 Å². The van der Waals surface area contributed by atoms with Gasteiger partial charge in [-0.3, -0.25) is 0 Å². The number of ether oxygens (including phenoxy) is 1. The maximum atomic E-state index is 12.0. The van der Waals surface area contributed by atoms with E-state index in [-0.39, 0.29) is 6.61 Å². The summed E-state index contributed by atoms with van der Waals surface area (Å²) in [6, 6.07) is 7.13. The summed E-state index contributed by atoms with van der Waals surface area (Å²) in [6.45, 7) is 3.35. The summed E-state index contributed by atoms with van der Waals surface area (Å²) in [6.07, 6.45) is -4.05. The van der Waals surface area contributed by atoms with Gasteiger partial charge in [0.2, 0.25) is 0 Å². The molecule has 5 heteroatoms. The molecule has 0 unspecified atom stereocenters. The first kappa shape index (κ1) is 14.8. The Hall–Kier alpha value is -1.23. The topological polar surface area (TPSA) is 21.3 Å². The van der Waals surface area contributed by atoms with Crippen LogP contribution < -0.4 is 10.1 Å². The molecule has 0 atom stereocenters. The van der Waals surface area contributed by atoms with Gasteiger partial charge in [0.1, 0.15) is 5.75 Å². The number of benzene rings is 1. The van der Waals surface area contributed by atoms with Crippen LogP contribution in [-0.4, -0.2) is 19.3 Å². The molecule has 0 aromatic heterocycles. The van der Waals surface area contributed by atoms with Crippen LogP contribution >= 0.6 is 0 Å². The number of hydrogen-bond acceptors (Lipinski definition) is 2. The first-order chi connectivity index (χ1) is 8.51. The number of rotatable bonds is 7. The number of halogens is 3. The van der Waals surface area contributed by atoms with E-state index in [1.165, 1.54) is 0 Å². The van der Waals surface area contributed by atoms with Crippen molar-refractivity contribution in [2.45, 2.75) is 32.5 Å². The summed E-state index contributed by atoms with van der Waals surface area (Å²) in [7, 11) is 0. The predicted molar refractivity (Wildman–Crippen MR) is 64.6 cm³/mol. The van der Waals surface area contributed by atoms with Crippen molar-refractivity contribution in [2.75, 3.05) is 13.2 Å². The minimum atomic E-state index is -4.17. The second-order valence-corrected chi connectivity index (χ2v) is 4.04. The Labute approximate surface area is 105 Å². The molecule has 0 spiro atoms. The van der Waals surface area contributed by atoms with Gasteiger partial charge in [0.05, 0.1) is 13.0 Å². The molecule has 1 aromatic carbocycles. The van der Waals surface area contributed by atoms with Gasteiger partial charge < -0.3 is 10.1 Å². The lowest BCUT2D eigenvalue weighted by molar-refractivity contribution is -0.139. The van der Waals surface area contributed by atoms with Crippen molar-refractivity contribution in [3.8, 4) is 5.75 Å². The van der Waals surface area contributed by atoms with Crippen molar-refractivity contribution in [2.24, 2.45) is 0 Å². The van der Waals surface area contributed by atoms with Gasteiger partial charge in [0.25, 0.3) is 0 Å². The van der Waals surface area contributed by atoms with Gasteiger partial charge in [-0.1, -0.05) is 19.1 Å². The molecule has 0 aliphatic rings. The molecule has 0 saturated carbocycles. The molecule has 1 rings (SSSR count). The van der Waals surface area contributed by atoms with E-state index in [0.717, 1.165) is 18.5 Å². The van der Waals surface area contributed by atoms with Crippen molar-refractivity contribution in [1.82, 2.24) is 5.32 Å². The van der Waals surface area contributed by atoms with Crippen LogP contribution in [0, 0.1) is 0 Å². The highest BCUT2D eigenvalue weighted by molar-refractivity contribution is 5.28. The quantitative estimate of drug-likeness (QED) is 0.758. The summed E-state index contributed by atoms with van der Waals surface area (Å²) < 4.78 is 40.9. The second kappa shape index (κ2) is 7.26. The third-order valence-corrected chi connectivity index (χ3v) is 2.31. The highest BCUT2D eigenvalue weighted by Crippen LogP contribution is 2.20. The highest BCUT2D eigenvalue weighted by Gasteiger charge is 2.26. The summed E-state index contributed by atoms with van der Waals surface area (Å²) in [5, 5.41) is 3.22. The number of hydrogen-bond donors (Lipinski definition) is 1. The van der Waals surface area contributed by atoms with Crippen molar-refractivity contribution < 1.29 is 17.9 Å². The molecule has 0 saturated heterocycles. The Morgan fingerprint density at radius 1 is 1.28 bits per heavy atom. The second-order valence-electron chi connectivity index (χ2n) is 4.04. The van der Waals surface area contributed by atoms with Crippen LogP contribution in [0.15, 0.2) is 24.3 Å². The summed E-state index contributed by atoms with van der Waals surface area (Å²) in [5.74, 6) is 0.482. The zero-order valence-corrected chi connectivity index (χ0v) is 10.4. The van der Waals surface area contributed by atoms with E-state index >= 15 is 0 Å². The molecule has 1 N–H and O–H groups in total. The summed E-state index contributed by atoms with van der Waals surface area (Å²) in [5.41, 5.74) is 1.01. The molecule has 0 fully saturated rings. The predicted octanol–water partition coefficient (Wildman–Crippen LogP) is 3.52. The third-order valence-electron chi connectivity index (χ3n) is 2.31. The highest BCUT2D eigenvalue weighted by atomic mass is 19.4. The van der Waals surface area contributed by atoms with Crippen LogP contribution in [0.1, 0.15) is 25.3 Å². The van der Waals surface area contributed by atoms with Gasteiger partial charge in [0, 0.05) is 6.54 Å². The molecule has 0 aliphatic carbocycles. The van der Waals surface area contributed by atoms with Gasteiger partial charge in [-0.05, 0) is 30.7 Å².